The van der Waals surface area contributed by atoms with Gasteiger partial charge >= 0.3 is 5.69 Å². The van der Waals surface area contributed by atoms with Gasteiger partial charge in [-0.3, -0.25) is 14.3 Å². The van der Waals surface area contributed by atoms with Gasteiger partial charge in [0.25, 0.3) is 0 Å². The van der Waals surface area contributed by atoms with Gasteiger partial charge in [-0.1, -0.05) is 30.3 Å². The number of piperazine rings is 1. The molecule has 2 saturated heterocycles. The first-order valence-corrected chi connectivity index (χ1v) is 11.6. The number of amides is 1. The number of piperidine rings is 1. The lowest BCUT2D eigenvalue weighted by Crippen LogP contribution is -2.55. The Kier molecular flexibility index (Phi) is 5.74. The maximum Gasteiger partial charge on any atom is 0.326 e. The SMILES string of the molecule is CC(C(=O)N1CCN(c2ccccc2)CC1)N1CCC(n2c(=O)[nH]c3ccccc32)CC1. The van der Waals surface area contributed by atoms with E-state index in [1.54, 1.807) is 0 Å². The Morgan fingerprint density at radius 1 is 0.906 bits per heavy atom. The zero-order valence-electron chi connectivity index (χ0n) is 18.6. The summed E-state index contributed by atoms with van der Waals surface area (Å²) in [6.07, 6.45) is 1.75. The molecule has 0 spiro atoms. The van der Waals surface area contributed by atoms with E-state index in [1.807, 2.05) is 46.7 Å². The molecule has 0 saturated carbocycles. The van der Waals surface area contributed by atoms with Gasteiger partial charge in [0.05, 0.1) is 17.1 Å². The van der Waals surface area contributed by atoms with Crippen LogP contribution in [0.25, 0.3) is 11.0 Å². The van der Waals surface area contributed by atoms with Gasteiger partial charge < -0.3 is 14.8 Å². The smallest absolute Gasteiger partial charge is 0.326 e. The third-order valence-corrected chi connectivity index (χ3v) is 7.11. The number of H-pyrrole nitrogens is 1. The number of para-hydroxylation sites is 3. The third-order valence-electron chi connectivity index (χ3n) is 7.11. The number of nitrogens with one attached hydrogen (secondary N) is 1. The number of anilines is 1. The van der Waals surface area contributed by atoms with Crippen molar-refractivity contribution in [2.75, 3.05) is 44.2 Å². The monoisotopic (exact) mass is 433 g/mol. The van der Waals surface area contributed by atoms with Gasteiger partial charge in [0.15, 0.2) is 0 Å². The third kappa shape index (κ3) is 3.93. The van der Waals surface area contributed by atoms with Crippen LogP contribution < -0.4 is 10.6 Å². The lowest BCUT2D eigenvalue weighted by atomic mass is 10.0. The number of likely N-dealkylation sites (tertiary alicyclic amines) is 1. The van der Waals surface area contributed by atoms with Crippen molar-refractivity contribution in [1.29, 1.82) is 0 Å². The Labute approximate surface area is 188 Å². The molecule has 2 fully saturated rings. The van der Waals surface area contributed by atoms with Crippen LogP contribution in [0.2, 0.25) is 0 Å². The second kappa shape index (κ2) is 8.82. The summed E-state index contributed by atoms with van der Waals surface area (Å²) < 4.78 is 1.90. The normalized spacial score (nSPS) is 19.4. The average Bonchev–Trinajstić information content (AvgIpc) is 3.19. The van der Waals surface area contributed by atoms with Crippen molar-refractivity contribution in [1.82, 2.24) is 19.4 Å². The molecule has 3 heterocycles. The molecular formula is C25H31N5O2. The first-order chi connectivity index (χ1) is 15.6. The lowest BCUT2D eigenvalue weighted by Gasteiger charge is -2.40. The second-order valence-electron chi connectivity index (χ2n) is 8.91. The fourth-order valence-electron chi connectivity index (χ4n) is 5.21. The Balaban J connectivity index is 1.18. The zero-order chi connectivity index (χ0) is 22.1. The summed E-state index contributed by atoms with van der Waals surface area (Å²) in [6.45, 7) is 6.95. The van der Waals surface area contributed by atoms with E-state index in [0.29, 0.717) is 0 Å². The maximum atomic E-state index is 13.2. The van der Waals surface area contributed by atoms with E-state index in [9.17, 15) is 9.59 Å². The first kappa shape index (κ1) is 20.8. The molecule has 1 aromatic heterocycles. The molecule has 1 amide bonds. The molecule has 168 valence electrons. The minimum Gasteiger partial charge on any atom is -0.368 e. The molecule has 2 aliphatic rings. The molecule has 2 aromatic carbocycles. The van der Waals surface area contributed by atoms with Gasteiger partial charge in [0.1, 0.15) is 0 Å². The van der Waals surface area contributed by atoms with Crippen LogP contribution in [0.1, 0.15) is 25.8 Å². The molecule has 1 unspecified atom stereocenters. The number of fused-ring (bicyclic) bond motifs is 1. The number of rotatable bonds is 4. The second-order valence-corrected chi connectivity index (χ2v) is 8.91. The highest BCUT2D eigenvalue weighted by atomic mass is 16.2. The predicted octanol–water partition coefficient (Wildman–Crippen LogP) is 2.70. The van der Waals surface area contributed by atoms with E-state index < -0.39 is 0 Å². The Hall–Kier alpha value is -3.06. The molecule has 0 aliphatic carbocycles. The van der Waals surface area contributed by atoms with Gasteiger partial charge in [-0.25, -0.2) is 4.79 Å². The summed E-state index contributed by atoms with van der Waals surface area (Å²) in [4.78, 5) is 35.3. The molecule has 1 atom stereocenters. The van der Waals surface area contributed by atoms with Crippen molar-refractivity contribution >= 4 is 22.6 Å². The van der Waals surface area contributed by atoms with Crippen LogP contribution in [0.15, 0.2) is 59.4 Å². The van der Waals surface area contributed by atoms with Crippen molar-refractivity contribution in [3.63, 3.8) is 0 Å². The zero-order valence-corrected chi connectivity index (χ0v) is 18.6. The molecule has 0 radical (unpaired) electrons. The van der Waals surface area contributed by atoms with Gasteiger partial charge in [0.2, 0.25) is 5.91 Å². The van der Waals surface area contributed by atoms with Gasteiger partial charge in [0, 0.05) is 51.0 Å². The number of aromatic amines is 1. The van der Waals surface area contributed by atoms with Crippen LogP contribution >= 0.6 is 0 Å². The van der Waals surface area contributed by atoms with Crippen LogP contribution in [0.4, 0.5) is 5.69 Å². The molecule has 7 nitrogen and oxygen atoms in total. The van der Waals surface area contributed by atoms with Gasteiger partial charge in [-0.05, 0) is 44.0 Å². The summed E-state index contributed by atoms with van der Waals surface area (Å²) in [5.74, 6) is 0.223. The fraction of sp³-hybridized carbons (Fsp3) is 0.440. The number of hydrogen-bond acceptors (Lipinski definition) is 4. The molecule has 5 rings (SSSR count). The largest absolute Gasteiger partial charge is 0.368 e. The van der Waals surface area contributed by atoms with Gasteiger partial charge in [-0.2, -0.15) is 0 Å². The molecule has 0 bridgehead atoms. The number of carbonyl (C=O) groups excluding carboxylic acids is 1. The van der Waals surface area contributed by atoms with Gasteiger partial charge in [-0.15, -0.1) is 0 Å². The molecule has 2 aliphatic heterocycles. The van der Waals surface area contributed by atoms with Crippen LogP contribution in [-0.4, -0.2) is 70.6 Å². The summed E-state index contributed by atoms with van der Waals surface area (Å²) in [5, 5.41) is 0. The maximum absolute atomic E-state index is 13.2. The topological polar surface area (TPSA) is 64.6 Å². The quantitative estimate of drug-likeness (QED) is 0.687. The summed E-state index contributed by atoms with van der Waals surface area (Å²) >= 11 is 0. The highest BCUT2D eigenvalue weighted by molar-refractivity contribution is 5.82. The van der Waals surface area contributed by atoms with Crippen molar-refractivity contribution in [2.45, 2.75) is 31.8 Å². The number of hydrogen-bond donors (Lipinski definition) is 1. The number of benzene rings is 2. The number of imidazole rings is 1. The van der Waals surface area contributed by atoms with E-state index in [4.69, 9.17) is 0 Å². The number of carbonyl (C=O) groups is 1. The van der Waals surface area contributed by atoms with Crippen molar-refractivity contribution in [3.05, 3.63) is 65.1 Å². The number of nitrogens with zero attached hydrogens (tertiary/aromatic N) is 4. The highest BCUT2D eigenvalue weighted by Gasteiger charge is 2.32. The van der Waals surface area contributed by atoms with Crippen LogP contribution in [0, 0.1) is 0 Å². The standard InChI is InChI=1S/C25H31N5O2/c1-19(24(31)29-17-15-28(16-18-29)20-7-3-2-4-8-20)27-13-11-21(12-14-27)30-23-10-6-5-9-22(23)26-25(30)32/h2-10,19,21H,11-18H2,1H3,(H,26,32). The predicted molar refractivity (Wildman–Crippen MR) is 127 cm³/mol. The Morgan fingerprint density at radius 3 is 2.28 bits per heavy atom. The Morgan fingerprint density at radius 2 is 1.56 bits per heavy atom. The van der Waals surface area contributed by atoms with Crippen molar-refractivity contribution in [3.8, 4) is 0 Å². The minimum atomic E-state index is -0.126. The summed E-state index contributed by atoms with van der Waals surface area (Å²) in [5.41, 5.74) is 3.04. The van der Waals surface area contributed by atoms with Crippen LogP contribution in [0.5, 0.6) is 0 Å². The van der Waals surface area contributed by atoms with Crippen molar-refractivity contribution < 1.29 is 4.79 Å². The van der Waals surface area contributed by atoms with Crippen LogP contribution in [-0.2, 0) is 4.79 Å². The minimum absolute atomic E-state index is 0.0370. The molecular weight excluding hydrogens is 402 g/mol. The van der Waals surface area contributed by atoms with Crippen molar-refractivity contribution in [2.24, 2.45) is 0 Å². The van der Waals surface area contributed by atoms with Crippen LogP contribution in [0.3, 0.4) is 0 Å². The van der Waals surface area contributed by atoms with E-state index in [1.165, 1.54) is 5.69 Å². The lowest BCUT2D eigenvalue weighted by molar-refractivity contribution is -0.137. The van der Waals surface area contributed by atoms with E-state index in [2.05, 4.69) is 39.0 Å². The fourth-order valence-corrected chi connectivity index (χ4v) is 5.21. The van der Waals surface area contributed by atoms with E-state index in [-0.39, 0.29) is 23.7 Å². The molecule has 1 N–H and O–H groups in total. The van der Waals surface area contributed by atoms with E-state index >= 15 is 0 Å². The average molecular weight is 434 g/mol. The van der Waals surface area contributed by atoms with E-state index in [0.717, 1.165) is 63.1 Å². The summed E-state index contributed by atoms with van der Waals surface area (Å²) in [6, 6.07) is 18.3. The highest BCUT2D eigenvalue weighted by Crippen LogP contribution is 2.26. The Bertz CT molecular complexity index is 1120. The molecule has 3 aromatic rings. The first-order valence-electron chi connectivity index (χ1n) is 11.6. The molecule has 7 heteroatoms. The summed E-state index contributed by atoms with van der Waals surface area (Å²) in [7, 11) is 0. The number of aromatic nitrogens is 2. The molecule has 32 heavy (non-hydrogen) atoms.